The maximum absolute atomic E-state index is 12.4. The lowest BCUT2D eigenvalue weighted by atomic mass is 10.1. The molecule has 0 atom stereocenters. The number of ether oxygens (including phenoxy) is 1. The molecule has 5 nitrogen and oxygen atoms in total. The predicted octanol–water partition coefficient (Wildman–Crippen LogP) is 1.81. The van der Waals surface area contributed by atoms with E-state index in [0.717, 1.165) is 13.0 Å². The summed E-state index contributed by atoms with van der Waals surface area (Å²) in [6.45, 7) is 4.14. The molecule has 1 aromatic carbocycles. The lowest BCUT2D eigenvalue weighted by Gasteiger charge is -2.22. The van der Waals surface area contributed by atoms with Crippen molar-refractivity contribution in [1.82, 2.24) is 9.80 Å². The van der Waals surface area contributed by atoms with Crippen molar-refractivity contribution in [3.05, 3.63) is 23.8 Å². The number of carbonyl (C=O) groups is 1. The predicted molar refractivity (Wildman–Crippen MR) is 79.4 cm³/mol. The van der Waals surface area contributed by atoms with Crippen LogP contribution in [0.2, 0.25) is 0 Å². The molecule has 0 fully saturated rings. The molecule has 0 aliphatic heterocycles. The number of phenols is 1. The first-order valence-electron chi connectivity index (χ1n) is 6.80. The smallest absolute Gasteiger partial charge is 0.257 e. The summed E-state index contributed by atoms with van der Waals surface area (Å²) in [7, 11) is 5.55. The van der Waals surface area contributed by atoms with Gasteiger partial charge >= 0.3 is 0 Å². The Morgan fingerprint density at radius 2 is 2.00 bits per heavy atom. The monoisotopic (exact) mass is 280 g/mol. The van der Waals surface area contributed by atoms with Crippen LogP contribution >= 0.6 is 0 Å². The van der Waals surface area contributed by atoms with Crippen molar-refractivity contribution >= 4 is 5.91 Å². The summed E-state index contributed by atoms with van der Waals surface area (Å²) >= 11 is 0. The molecule has 1 aromatic rings. The third-order valence-electron chi connectivity index (χ3n) is 3.14. The van der Waals surface area contributed by atoms with Crippen LogP contribution in [0.4, 0.5) is 0 Å². The van der Waals surface area contributed by atoms with Crippen molar-refractivity contribution in [3.63, 3.8) is 0 Å². The molecule has 0 bridgehead atoms. The van der Waals surface area contributed by atoms with E-state index < -0.39 is 0 Å². The Morgan fingerprint density at radius 1 is 1.30 bits per heavy atom. The first-order chi connectivity index (χ1) is 9.49. The normalized spacial score (nSPS) is 10.7. The number of rotatable bonds is 7. The molecule has 112 valence electrons. The minimum atomic E-state index is -0.164. The number of hydrogen-bond acceptors (Lipinski definition) is 4. The molecule has 1 amide bonds. The number of hydrogen-bond donors (Lipinski definition) is 1. The van der Waals surface area contributed by atoms with Crippen molar-refractivity contribution in [2.24, 2.45) is 0 Å². The zero-order valence-corrected chi connectivity index (χ0v) is 12.7. The Bertz CT molecular complexity index is 447. The number of benzene rings is 1. The SMILES string of the molecule is CCN(CCCN(C)C)C(=O)c1cc(OC)ccc1O. The zero-order valence-electron chi connectivity index (χ0n) is 12.7. The van der Waals surface area contributed by atoms with Crippen molar-refractivity contribution in [1.29, 1.82) is 0 Å². The molecule has 0 radical (unpaired) electrons. The van der Waals surface area contributed by atoms with Crippen molar-refractivity contribution in [3.8, 4) is 11.5 Å². The summed E-state index contributed by atoms with van der Waals surface area (Å²) in [5, 5.41) is 9.85. The van der Waals surface area contributed by atoms with E-state index in [9.17, 15) is 9.90 Å². The standard InChI is InChI=1S/C15H24N2O3/c1-5-17(10-6-9-16(2)3)15(19)13-11-12(20-4)7-8-14(13)18/h7-8,11,18H,5-6,9-10H2,1-4H3. The van der Waals surface area contributed by atoms with Crippen LogP contribution in [0.5, 0.6) is 11.5 Å². The van der Waals surface area contributed by atoms with Gasteiger partial charge in [0.15, 0.2) is 0 Å². The van der Waals surface area contributed by atoms with Gasteiger partial charge in [-0.1, -0.05) is 0 Å². The lowest BCUT2D eigenvalue weighted by Crippen LogP contribution is -2.33. The van der Waals surface area contributed by atoms with Crippen LogP contribution in [0, 0.1) is 0 Å². The van der Waals surface area contributed by atoms with Crippen LogP contribution in [0.1, 0.15) is 23.7 Å². The highest BCUT2D eigenvalue weighted by Gasteiger charge is 2.18. The molecule has 1 rings (SSSR count). The summed E-state index contributed by atoms with van der Waals surface area (Å²) in [5.41, 5.74) is 0.288. The topological polar surface area (TPSA) is 53.0 Å². The molecule has 0 aromatic heterocycles. The zero-order chi connectivity index (χ0) is 15.1. The van der Waals surface area contributed by atoms with Crippen LogP contribution in [0.25, 0.3) is 0 Å². The summed E-state index contributed by atoms with van der Waals surface area (Å²) in [4.78, 5) is 16.3. The van der Waals surface area contributed by atoms with E-state index in [1.165, 1.54) is 13.2 Å². The van der Waals surface area contributed by atoms with Gasteiger partial charge in [-0.2, -0.15) is 0 Å². The number of nitrogens with zero attached hydrogens (tertiary/aromatic N) is 2. The lowest BCUT2D eigenvalue weighted by molar-refractivity contribution is 0.0756. The van der Waals surface area contributed by atoms with E-state index in [4.69, 9.17) is 4.74 Å². The fourth-order valence-corrected chi connectivity index (χ4v) is 1.96. The summed E-state index contributed by atoms with van der Waals surface area (Å²) in [5.74, 6) is 0.389. The highest BCUT2D eigenvalue weighted by Crippen LogP contribution is 2.24. The summed E-state index contributed by atoms with van der Waals surface area (Å²) in [6, 6.07) is 4.69. The van der Waals surface area contributed by atoms with E-state index in [-0.39, 0.29) is 17.2 Å². The maximum Gasteiger partial charge on any atom is 0.257 e. The Hall–Kier alpha value is -1.75. The second-order valence-corrected chi connectivity index (χ2v) is 4.92. The molecule has 0 aliphatic rings. The number of phenolic OH excluding ortho intramolecular Hbond substituents is 1. The van der Waals surface area contributed by atoms with Gasteiger partial charge < -0.3 is 19.6 Å². The third kappa shape index (κ3) is 4.42. The Morgan fingerprint density at radius 3 is 2.55 bits per heavy atom. The van der Waals surface area contributed by atoms with Crippen LogP contribution < -0.4 is 4.74 Å². The summed E-state index contributed by atoms with van der Waals surface area (Å²) < 4.78 is 5.10. The van der Waals surface area contributed by atoms with Crippen LogP contribution in [-0.2, 0) is 0 Å². The second kappa shape index (κ2) is 7.75. The first kappa shape index (κ1) is 16.3. The maximum atomic E-state index is 12.4. The van der Waals surface area contributed by atoms with E-state index in [0.29, 0.717) is 18.8 Å². The second-order valence-electron chi connectivity index (χ2n) is 4.92. The van der Waals surface area contributed by atoms with Gasteiger partial charge in [0.05, 0.1) is 12.7 Å². The van der Waals surface area contributed by atoms with Gasteiger partial charge in [-0.25, -0.2) is 0 Å². The van der Waals surface area contributed by atoms with Crippen molar-refractivity contribution < 1.29 is 14.6 Å². The van der Waals surface area contributed by atoms with Gasteiger partial charge in [0.1, 0.15) is 11.5 Å². The van der Waals surface area contributed by atoms with E-state index >= 15 is 0 Å². The molecular weight excluding hydrogens is 256 g/mol. The molecule has 0 spiro atoms. The van der Waals surface area contributed by atoms with Gasteiger partial charge in [0.2, 0.25) is 0 Å². The molecule has 0 saturated carbocycles. The van der Waals surface area contributed by atoms with E-state index in [1.54, 1.807) is 17.0 Å². The average Bonchev–Trinajstić information content (AvgIpc) is 2.43. The fraction of sp³-hybridized carbons (Fsp3) is 0.533. The fourth-order valence-electron chi connectivity index (χ4n) is 1.96. The number of aromatic hydroxyl groups is 1. The highest BCUT2D eigenvalue weighted by molar-refractivity contribution is 5.97. The molecule has 0 unspecified atom stereocenters. The third-order valence-corrected chi connectivity index (χ3v) is 3.14. The van der Waals surface area contributed by atoms with Gasteiger partial charge in [-0.15, -0.1) is 0 Å². The molecule has 0 saturated heterocycles. The minimum Gasteiger partial charge on any atom is -0.507 e. The van der Waals surface area contributed by atoms with Crippen LogP contribution in [0.3, 0.4) is 0 Å². The van der Waals surface area contributed by atoms with Crippen molar-refractivity contribution in [2.45, 2.75) is 13.3 Å². The molecular formula is C15H24N2O3. The van der Waals surface area contributed by atoms with Crippen molar-refractivity contribution in [2.75, 3.05) is 40.8 Å². The number of amides is 1. The van der Waals surface area contributed by atoms with E-state index in [2.05, 4.69) is 4.90 Å². The van der Waals surface area contributed by atoms with Gasteiger partial charge in [-0.3, -0.25) is 4.79 Å². The molecule has 0 heterocycles. The largest absolute Gasteiger partial charge is 0.507 e. The van der Waals surface area contributed by atoms with Crippen LogP contribution in [0.15, 0.2) is 18.2 Å². The Balaban J connectivity index is 2.79. The van der Waals surface area contributed by atoms with Gasteiger partial charge in [0, 0.05) is 13.1 Å². The van der Waals surface area contributed by atoms with E-state index in [1.807, 2.05) is 21.0 Å². The molecule has 0 aliphatic carbocycles. The first-order valence-corrected chi connectivity index (χ1v) is 6.80. The molecule has 1 N–H and O–H groups in total. The van der Waals surface area contributed by atoms with Gasteiger partial charge in [-0.05, 0) is 52.2 Å². The Kier molecular flexibility index (Phi) is 6.31. The Labute approximate surface area is 120 Å². The van der Waals surface area contributed by atoms with Gasteiger partial charge in [0.25, 0.3) is 5.91 Å². The quantitative estimate of drug-likeness (QED) is 0.827. The number of methoxy groups -OCH3 is 1. The molecule has 20 heavy (non-hydrogen) atoms. The average molecular weight is 280 g/mol. The minimum absolute atomic E-state index is 0.0122. The van der Waals surface area contributed by atoms with Crippen LogP contribution in [-0.4, -0.2) is 61.7 Å². The summed E-state index contributed by atoms with van der Waals surface area (Å²) in [6.07, 6.45) is 0.900. The highest BCUT2D eigenvalue weighted by atomic mass is 16.5. The molecule has 5 heteroatoms. The number of carbonyl (C=O) groups excluding carboxylic acids is 1.